The first kappa shape index (κ1) is 18.5. The van der Waals surface area contributed by atoms with E-state index in [9.17, 15) is 8.42 Å². The maximum absolute atomic E-state index is 12.4. The third-order valence-corrected chi connectivity index (χ3v) is 5.77. The minimum Gasteiger partial charge on any atom is -0.207 e. The quantitative estimate of drug-likeness (QED) is 0.675. The number of halogens is 4. The van der Waals surface area contributed by atoms with Gasteiger partial charge < -0.3 is 0 Å². The Bertz CT molecular complexity index is 555. The fourth-order valence-electron chi connectivity index (χ4n) is 1.78. The molecule has 1 aromatic carbocycles. The second-order valence-electron chi connectivity index (χ2n) is 4.80. The summed E-state index contributed by atoms with van der Waals surface area (Å²) in [6.07, 6.45) is 0.633. The molecular weight excluding hydrogens is 408 g/mol. The molecule has 1 aromatic rings. The number of sulfonamides is 1. The lowest BCUT2D eigenvalue weighted by atomic mass is 10.1. The van der Waals surface area contributed by atoms with Gasteiger partial charge in [-0.2, -0.15) is 0 Å². The summed E-state index contributed by atoms with van der Waals surface area (Å²) in [6, 6.07) is 2.61. The van der Waals surface area contributed by atoms with Gasteiger partial charge in [0.05, 0.1) is 10.0 Å². The fraction of sp³-hybridized carbons (Fsp3) is 0.500. The zero-order valence-corrected chi connectivity index (χ0v) is 15.6. The Morgan fingerprint density at radius 1 is 1.25 bits per heavy atom. The van der Waals surface area contributed by atoms with E-state index < -0.39 is 10.0 Å². The van der Waals surface area contributed by atoms with Crippen LogP contribution < -0.4 is 4.72 Å². The van der Waals surface area contributed by atoms with E-state index in [0.29, 0.717) is 16.8 Å². The van der Waals surface area contributed by atoms with E-state index in [1.807, 2.05) is 13.8 Å². The first-order valence-corrected chi connectivity index (χ1v) is 9.47. The third-order valence-electron chi connectivity index (χ3n) is 2.50. The van der Waals surface area contributed by atoms with E-state index in [1.54, 1.807) is 0 Å². The van der Waals surface area contributed by atoms with Gasteiger partial charge in [0.25, 0.3) is 0 Å². The van der Waals surface area contributed by atoms with Gasteiger partial charge in [-0.1, -0.05) is 53.0 Å². The van der Waals surface area contributed by atoms with Crippen LogP contribution in [0.25, 0.3) is 0 Å². The molecule has 0 aliphatic carbocycles. The summed E-state index contributed by atoms with van der Waals surface area (Å²) in [5.74, 6) is 0.501. The zero-order chi connectivity index (χ0) is 15.5. The van der Waals surface area contributed by atoms with E-state index in [4.69, 9.17) is 34.8 Å². The summed E-state index contributed by atoms with van der Waals surface area (Å²) in [5.41, 5.74) is 0. The lowest BCUT2D eigenvalue weighted by Gasteiger charge is -2.19. The second kappa shape index (κ2) is 7.65. The van der Waals surface area contributed by atoms with Crippen LogP contribution in [0.5, 0.6) is 0 Å². The lowest BCUT2D eigenvalue weighted by Crippen LogP contribution is -2.37. The largest absolute Gasteiger partial charge is 0.243 e. The molecule has 1 atom stereocenters. The first-order chi connectivity index (χ1) is 9.17. The minimum atomic E-state index is -3.81. The molecule has 0 aliphatic heterocycles. The van der Waals surface area contributed by atoms with Crippen molar-refractivity contribution in [1.29, 1.82) is 0 Å². The highest BCUT2D eigenvalue weighted by molar-refractivity contribution is 9.10. The molecule has 0 spiro atoms. The molecule has 3 nitrogen and oxygen atoms in total. The van der Waals surface area contributed by atoms with Gasteiger partial charge in [0, 0.05) is 16.4 Å². The molecule has 0 saturated carbocycles. The topological polar surface area (TPSA) is 46.2 Å². The van der Waals surface area contributed by atoms with Gasteiger partial charge in [-0.15, -0.1) is 11.6 Å². The summed E-state index contributed by atoms with van der Waals surface area (Å²) in [7, 11) is -3.81. The predicted octanol–water partition coefficient (Wildman–Crippen LogP) is 4.69. The molecule has 0 bridgehead atoms. The smallest absolute Gasteiger partial charge is 0.207 e. The maximum Gasteiger partial charge on any atom is 0.243 e. The average molecular weight is 424 g/mol. The van der Waals surface area contributed by atoms with Gasteiger partial charge in [0.2, 0.25) is 10.0 Å². The number of hydrogen-bond donors (Lipinski definition) is 1. The highest BCUT2D eigenvalue weighted by Gasteiger charge is 2.25. The summed E-state index contributed by atoms with van der Waals surface area (Å²) in [4.78, 5) is -0.122. The Morgan fingerprint density at radius 3 is 2.15 bits per heavy atom. The molecular formula is C12H15BrCl3NO2S. The molecule has 0 saturated heterocycles. The SMILES string of the molecule is CC(C)CC(CCl)NS(=O)(=O)c1c(Cl)cc(Br)cc1Cl. The van der Waals surface area contributed by atoms with Crippen LogP contribution in [0.2, 0.25) is 10.0 Å². The van der Waals surface area contributed by atoms with E-state index in [1.165, 1.54) is 12.1 Å². The van der Waals surface area contributed by atoms with E-state index >= 15 is 0 Å². The van der Waals surface area contributed by atoms with Crippen LogP contribution in [-0.2, 0) is 10.0 Å². The summed E-state index contributed by atoms with van der Waals surface area (Å²) < 4.78 is 27.9. The van der Waals surface area contributed by atoms with Crippen molar-refractivity contribution in [2.75, 3.05) is 5.88 Å². The molecule has 0 amide bonds. The number of nitrogens with one attached hydrogen (secondary N) is 1. The molecule has 1 unspecified atom stereocenters. The van der Waals surface area contributed by atoms with Crippen molar-refractivity contribution >= 4 is 60.8 Å². The standard InChI is InChI=1S/C12H15BrCl3NO2S/c1-7(2)3-9(6-14)17-20(18,19)12-10(15)4-8(13)5-11(12)16/h4-5,7,9,17H,3,6H2,1-2H3. The molecule has 8 heteroatoms. The van der Waals surface area contributed by atoms with Crippen molar-refractivity contribution in [2.24, 2.45) is 5.92 Å². The Kier molecular flexibility index (Phi) is 7.09. The molecule has 1 N–H and O–H groups in total. The van der Waals surface area contributed by atoms with Gasteiger partial charge in [-0.3, -0.25) is 0 Å². The maximum atomic E-state index is 12.4. The number of hydrogen-bond acceptors (Lipinski definition) is 2. The van der Waals surface area contributed by atoms with Gasteiger partial charge in [-0.05, 0) is 24.5 Å². The van der Waals surface area contributed by atoms with Crippen molar-refractivity contribution in [3.63, 3.8) is 0 Å². The molecule has 0 aromatic heterocycles. The molecule has 114 valence electrons. The van der Waals surface area contributed by atoms with Crippen LogP contribution in [-0.4, -0.2) is 20.3 Å². The van der Waals surface area contributed by atoms with E-state index in [0.717, 1.165) is 0 Å². The second-order valence-corrected chi connectivity index (χ2v) is 8.49. The third kappa shape index (κ3) is 5.04. The van der Waals surface area contributed by atoms with Gasteiger partial charge >= 0.3 is 0 Å². The molecule has 0 radical (unpaired) electrons. The zero-order valence-electron chi connectivity index (χ0n) is 11.0. The summed E-state index contributed by atoms with van der Waals surface area (Å²) in [6.45, 7) is 3.99. The Labute approximate surface area is 143 Å². The number of benzene rings is 1. The van der Waals surface area contributed by atoms with Gasteiger partial charge in [0.15, 0.2) is 0 Å². The van der Waals surface area contributed by atoms with Crippen LogP contribution in [0.4, 0.5) is 0 Å². The highest BCUT2D eigenvalue weighted by atomic mass is 79.9. The Morgan fingerprint density at radius 2 is 1.75 bits per heavy atom. The van der Waals surface area contributed by atoms with Crippen LogP contribution in [0.3, 0.4) is 0 Å². The van der Waals surface area contributed by atoms with Crippen LogP contribution >= 0.6 is 50.7 Å². The van der Waals surface area contributed by atoms with Crippen LogP contribution in [0.15, 0.2) is 21.5 Å². The van der Waals surface area contributed by atoms with Crippen LogP contribution in [0.1, 0.15) is 20.3 Å². The fourth-order valence-corrected chi connectivity index (χ4v) is 5.26. The van der Waals surface area contributed by atoms with E-state index in [-0.39, 0.29) is 26.9 Å². The van der Waals surface area contributed by atoms with Crippen molar-refractivity contribution in [3.05, 3.63) is 26.7 Å². The van der Waals surface area contributed by atoms with Crippen molar-refractivity contribution in [2.45, 2.75) is 31.2 Å². The first-order valence-electron chi connectivity index (χ1n) is 5.90. The summed E-state index contributed by atoms with van der Waals surface area (Å²) >= 11 is 21.0. The average Bonchev–Trinajstić information content (AvgIpc) is 2.24. The molecule has 1 rings (SSSR count). The monoisotopic (exact) mass is 421 g/mol. The highest BCUT2D eigenvalue weighted by Crippen LogP contribution is 2.33. The Balaban J connectivity index is 3.11. The molecule has 20 heavy (non-hydrogen) atoms. The van der Waals surface area contributed by atoms with Gasteiger partial charge in [-0.25, -0.2) is 13.1 Å². The number of alkyl halides is 1. The summed E-state index contributed by atoms with van der Waals surface area (Å²) in [5, 5.41) is 0.129. The molecule has 0 fully saturated rings. The molecule has 0 aliphatic rings. The minimum absolute atomic E-state index is 0.0646. The van der Waals surface area contributed by atoms with Gasteiger partial charge in [0.1, 0.15) is 4.90 Å². The van der Waals surface area contributed by atoms with E-state index in [2.05, 4.69) is 20.7 Å². The lowest BCUT2D eigenvalue weighted by molar-refractivity contribution is 0.485. The van der Waals surface area contributed by atoms with Crippen molar-refractivity contribution in [1.82, 2.24) is 4.72 Å². The Hall–Kier alpha value is 0.480. The van der Waals surface area contributed by atoms with Crippen LogP contribution in [0, 0.1) is 5.92 Å². The molecule has 0 heterocycles. The number of rotatable bonds is 6. The normalized spacial score (nSPS) is 13.8. The van der Waals surface area contributed by atoms with Crippen molar-refractivity contribution in [3.8, 4) is 0 Å². The predicted molar refractivity (Wildman–Crippen MR) is 88.4 cm³/mol. The van der Waals surface area contributed by atoms with Crippen molar-refractivity contribution < 1.29 is 8.42 Å².